The molecule has 1 amide bonds. The zero-order valence-corrected chi connectivity index (χ0v) is 18.5. The number of nitrogens with zero attached hydrogens (tertiary/aromatic N) is 1. The Morgan fingerprint density at radius 1 is 1.31 bits per heavy atom. The lowest BCUT2D eigenvalue weighted by Gasteiger charge is -2.37. The van der Waals surface area contributed by atoms with E-state index in [1.165, 1.54) is 0 Å². The molecule has 6 nitrogen and oxygen atoms in total. The Morgan fingerprint density at radius 2 is 2.07 bits per heavy atom. The number of hydrogen-bond acceptors (Lipinski definition) is 5. The second kappa shape index (κ2) is 10.8. The molecule has 1 fully saturated rings. The summed E-state index contributed by atoms with van der Waals surface area (Å²) in [5.41, 5.74) is 0.407. The Kier molecular flexibility index (Phi) is 8.78. The molecule has 1 saturated heterocycles. The third-order valence-corrected chi connectivity index (χ3v) is 4.86. The van der Waals surface area contributed by atoms with E-state index in [0.29, 0.717) is 24.7 Å². The highest BCUT2D eigenvalue weighted by molar-refractivity contribution is 6.30. The number of halogens is 1. The monoisotopic (exact) mass is 425 g/mol. The molecule has 0 aromatic heterocycles. The van der Waals surface area contributed by atoms with E-state index in [1.54, 1.807) is 11.8 Å². The lowest BCUT2D eigenvalue weighted by molar-refractivity contribution is -0.145. The Bertz CT molecular complexity index is 688. The van der Waals surface area contributed by atoms with Gasteiger partial charge in [-0.1, -0.05) is 23.7 Å². The number of hydrogen-bond donors (Lipinski definition) is 0. The van der Waals surface area contributed by atoms with E-state index in [1.807, 2.05) is 45.0 Å². The Morgan fingerprint density at radius 3 is 2.72 bits per heavy atom. The maximum Gasteiger partial charge on any atom is 0.410 e. The predicted octanol–water partition coefficient (Wildman–Crippen LogP) is 5.00. The molecule has 0 radical (unpaired) electrons. The first kappa shape index (κ1) is 23.5. The molecule has 0 aliphatic carbocycles. The van der Waals surface area contributed by atoms with E-state index in [2.05, 4.69) is 0 Å². The Labute approximate surface area is 178 Å². The van der Waals surface area contributed by atoms with Gasteiger partial charge in [0.15, 0.2) is 0 Å². The molecule has 1 aromatic rings. The molecule has 1 aromatic carbocycles. The third kappa shape index (κ3) is 7.86. The summed E-state index contributed by atoms with van der Waals surface area (Å²) in [5, 5.41) is 0.626. The summed E-state index contributed by atoms with van der Waals surface area (Å²) in [6.07, 6.45) is 1.39. The summed E-state index contributed by atoms with van der Waals surface area (Å²) < 4.78 is 16.6. The highest BCUT2D eigenvalue weighted by atomic mass is 35.5. The third-order valence-electron chi connectivity index (χ3n) is 4.62. The van der Waals surface area contributed by atoms with Crippen molar-refractivity contribution in [2.45, 2.75) is 58.7 Å². The average Bonchev–Trinajstić information content (AvgIpc) is 2.64. The summed E-state index contributed by atoms with van der Waals surface area (Å²) in [7, 11) is 0. The van der Waals surface area contributed by atoms with E-state index in [0.717, 1.165) is 18.4 Å². The summed E-state index contributed by atoms with van der Waals surface area (Å²) in [6.45, 7) is 9.16. The average molecular weight is 426 g/mol. The van der Waals surface area contributed by atoms with Crippen molar-refractivity contribution < 1.29 is 23.8 Å². The number of ether oxygens (including phenoxy) is 3. The molecular formula is C22H32ClNO5. The number of benzene rings is 1. The smallest absolute Gasteiger partial charge is 0.410 e. The lowest BCUT2D eigenvalue weighted by atomic mass is 9.88. The van der Waals surface area contributed by atoms with Gasteiger partial charge < -0.3 is 19.1 Å². The summed E-state index contributed by atoms with van der Waals surface area (Å²) in [5.74, 6) is -0.201. The molecule has 1 aliphatic rings. The van der Waals surface area contributed by atoms with Crippen molar-refractivity contribution in [3.63, 3.8) is 0 Å². The number of rotatable bonds is 7. The van der Waals surface area contributed by atoms with Crippen LogP contribution in [-0.4, -0.2) is 48.9 Å². The van der Waals surface area contributed by atoms with Crippen LogP contribution in [0, 0.1) is 5.92 Å². The summed E-state index contributed by atoms with van der Waals surface area (Å²) in [6, 6.07) is 7.54. The van der Waals surface area contributed by atoms with Crippen molar-refractivity contribution >= 4 is 23.7 Å². The van der Waals surface area contributed by atoms with E-state index in [-0.39, 0.29) is 37.1 Å². The van der Waals surface area contributed by atoms with Crippen molar-refractivity contribution in [3.05, 3.63) is 34.9 Å². The molecule has 0 N–H and O–H groups in total. The van der Waals surface area contributed by atoms with Gasteiger partial charge in [0.25, 0.3) is 0 Å². The van der Waals surface area contributed by atoms with Crippen LogP contribution in [0.4, 0.5) is 4.79 Å². The van der Waals surface area contributed by atoms with Crippen molar-refractivity contribution in [2.24, 2.45) is 5.92 Å². The van der Waals surface area contributed by atoms with Gasteiger partial charge in [-0.15, -0.1) is 0 Å². The van der Waals surface area contributed by atoms with Gasteiger partial charge in [0, 0.05) is 24.0 Å². The van der Waals surface area contributed by atoms with Gasteiger partial charge in [-0.2, -0.15) is 0 Å². The van der Waals surface area contributed by atoms with Gasteiger partial charge in [-0.25, -0.2) is 4.79 Å². The Hall–Kier alpha value is -1.79. The van der Waals surface area contributed by atoms with Gasteiger partial charge >= 0.3 is 12.1 Å². The summed E-state index contributed by atoms with van der Waals surface area (Å²) >= 11 is 6.19. The first-order valence-electron chi connectivity index (χ1n) is 10.2. The lowest BCUT2D eigenvalue weighted by Crippen LogP contribution is -2.44. The standard InChI is InChI=1S/C22H32ClNO5/c1-5-27-19(25)11-13-28-20(16-8-6-10-18(23)14-16)17-9-7-12-24(15-17)21(26)29-22(2,3)4/h6,8,10,14,17,20H,5,7,9,11-13,15H2,1-4H3. The molecule has 1 heterocycles. The normalized spacial score (nSPS) is 18.2. The molecule has 1 aliphatic heterocycles. The number of amides is 1. The van der Waals surface area contributed by atoms with Gasteiger partial charge in [0.1, 0.15) is 5.60 Å². The highest BCUT2D eigenvalue weighted by Gasteiger charge is 2.33. The van der Waals surface area contributed by atoms with E-state index >= 15 is 0 Å². The highest BCUT2D eigenvalue weighted by Crippen LogP contribution is 2.34. The van der Waals surface area contributed by atoms with Crippen LogP contribution in [0.5, 0.6) is 0 Å². The molecule has 2 atom stereocenters. The van der Waals surface area contributed by atoms with Gasteiger partial charge in [-0.3, -0.25) is 4.79 Å². The second-order valence-electron chi connectivity index (χ2n) is 8.23. The minimum atomic E-state index is -0.535. The van der Waals surface area contributed by atoms with Crippen molar-refractivity contribution in [3.8, 4) is 0 Å². The van der Waals surface area contributed by atoms with Crippen molar-refractivity contribution in [1.82, 2.24) is 4.90 Å². The molecule has 0 bridgehead atoms. The maximum absolute atomic E-state index is 12.5. The van der Waals surface area contributed by atoms with E-state index < -0.39 is 5.60 Å². The Balaban J connectivity index is 2.10. The number of likely N-dealkylation sites (tertiary alicyclic amines) is 1. The zero-order valence-electron chi connectivity index (χ0n) is 17.8. The first-order valence-corrected chi connectivity index (χ1v) is 10.6. The van der Waals surface area contributed by atoms with Crippen LogP contribution in [0.2, 0.25) is 5.02 Å². The molecule has 0 spiro atoms. The fourth-order valence-electron chi connectivity index (χ4n) is 3.44. The van der Waals surface area contributed by atoms with E-state index in [9.17, 15) is 9.59 Å². The van der Waals surface area contributed by atoms with Gasteiger partial charge in [0.2, 0.25) is 0 Å². The maximum atomic E-state index is 12.5. The molecule has 0 saturated carbocycles. The van der Waals surface area contributed by atoms with Crippen molar-refractivity contribution in [2.75, 3.05) is 26.3 Å². The number of esters is 1. The predicted molar refractivity (Wildman–Crippen MR) is 112 cm³/mol. The molecule has 2 unspecified atom stereocenters. The van der Waals surface area contributed by atoms with Crippen LogP contribution in [0.15, 0.2) is 24.3 Å². The van der Waals surface area contributed by atoms with Crippen LogP contribution in [-0.2, 0) is 19.0 Å². The van der Waals surface area contributed by atoms with Crippen LogP contribution in [0.3, 0.4) is 0 Å². The molecular weight excluding hydrogens is 394 g/mol. The van der Waals surface area contributed by atoms with Crippen LogP contribution >= 0.6 is 11.6 Å². The second-order valence-corrected chi connectivity index (χ2v) is 8.67. The molecule has 162 valence electrons. The van der Waals surface area contributed by atoms with Crippen molar-refractivity contribution in [1.29, 1.82) is 0 Å². The quantitative estimate of drug-likeness (QED) is 0.575. The number of carbonyl (C=O) groups is 2. The molecule has 2 rings (SSSR count). The summed E-state index contributed by atoms with van der Waals surface area (Å²) in [4.78, 5) is 25.9. The van der Waals surface area contributed by atoms with Crippen LogP contribution < -0.4 is 0 Å². The zero-order chi connectivity index (χ0) is 21.4. The molecule has 7 heteroatoms. The largest absolute Gasteiger partial charge is 0.466 e. The number of piperidine rings is 1. The molecule has 29 heavy (non-hydrogen) atoms. The SMILES string of the molecule is CCOC(=O)CCOC(c1cccc(Cl)c1)C1CCCN(C(=O)OC(C)(C)C)C1. The van der Waals surface area contributed by atoms with Crippen LogP contribution in [0.25, 0.3) is 0 Å². The van der Waals surface area contributed by atoms with Gasteiger partial charge in [0.05, 0.1) is 25.7 Å². The fourth-order valence-corrected chi connectivity index (χ4v) is 3.64. The van der Waals surface area contributed by atoms with Crippen LogP contribution in [0.1, 0.15) is 58.6 Å². The minimum absolute atomic E-state index is 0.0805. The van der Waals surface area contributed by atoms with E-state index in [4.69, 9.17) is 25.8 Å². The topological polar surface area (TPSA) is 65.1 Å². The minimum Gasteiger partial charge on any atom is -0.466 e. The number of carbonyl (C=O) groups excluding carboxylic acids is 2. The first-order chi connectivity index (χ1) is 13.7. The van der Waals surface area contributed by atoms with Gasteiger partial charge in [-0.05, 0) is 58.2 Å². The fraction of sp³-hybridized carbons (Fsp3) is 0.636.